The number of hydrogen-bond donors (Lipinski definition) is 2. The van der Waals surface area contributed by atoms with Crippen LogP contribution >= 0.6 is 0 Å². The van der Waals surface area contributed by atoms with Crippen LogP contribution in [0.15, 0.2) is 36.4 Å². The molecule has 88 valence electrons. The van der Waals surface area contributed by atoms with Gasteiger partial charge in [0.1, 0.15) is 0 Å². The zero-order valence-corrected chi connectivity index (χ0v) is 10.0. The van der Waals surface area contributed by atoms with E-state index >= 15 is 0 Å². The molecule has 17 heavy (non-hydrogen) atoms. The minimum Gasteiger partial charge on any atom is -0.399 e. The van der Waals surface area contributed by atoms with Gasteiger partial charge >= 0.3 is 0 Å². The van der Waals surface area contributed by atoms with E-state index < -0.39 is 0 Å². The van der Waals surface area contributed by atoms with Crippen molar-refractivity contribution in [3.05, 3.63) is 42.1 Å². The third kappa shape index (κ3) is 2.93. The van der Waals surface area contributed by atoms with Gasteiger partial charge in [-0.15, -0.1) is 5.10 Å². The molecule has 0 saturated carbocycles. The van der Waals surface area contributed by atoms with Crippen molar-refractivity contribution in [3.8, 4) is 0 Å². The molecule has 0 radical (unpaired) electrons. The lowest BCUT2D eigenvalue weighted by atomic mass is 10.1. The minimum absolute atomic E-state index is 0.393. The molecule has 0 aliphatic carbocycles. The zero-order chi connectivity index (χ0) is 12.3. The van der Waals surface area contributed by atoms with Crippen LogP contribution < -0.4 is 11.1 Å². The van der Waals surface area contributed by atoms with E-state index in [9.17, 15) is 0 Å². The van der Waals surface area contributed by atoms with Crippen LogP contribution in [0.2, 0.25) is 0 Å². The molecule has 3 N–H and O–H groups in total. The highest BCUT2D eigenvalue weighted by atomic mass is 15.2. The number of anilines is 3. The summed E-state index contributed by atoms with van der Waals surface area (Å²) in [5.41, 5.74) is 8.33. The molecular formula is C13H16N4. The summed E-state index contributed by atoms with van der Waals surface area (Å²) in [6, 6.07) is 11.4. The number of aromatic nitrogens is 2. The van der Waals surface area contributed by atoms with Crippen molar-refractivity contribution in [2.45, 2.75) is 19.8 Å². The van der Waals surface area contributed by atoms with E-state index in [2.05, 4.69) is 29.4 Å². The summed E-state index contributed by atoms with van der Waals surface area (Å²) in [6.07, 6.45) is 0. The fourth-order valence-electron chi connectivity index (χ4n) is 1.48. The van der Waals surface area contributed by atoms with Gasteiger partial charge in [0.15, 0.2) is 5.82 Å². The Hall–Kier alpha value is -2.10. The molecule has 2 rings (SSSR count). The minimum atomic E-state index is 0.393. The Kier molecular flexibility index (Phi) is 3.23. The lowest BCUT2D eigenvalue weighted by Crippen LogP contribution is -1.99. The lowest BCUT2D eigenvalue weighted by Gasteiger charge is -2.07. The summed E-state index contributed by atoms with van der Waals surface area (Å²) in [5.74, 6) is 1.11. The predicted molar refractivity (Wildman–Crippen MR) is 70.3 cm³/mol. The van der Waals surface area contributed by atoms with Crippen molar-refractivity contribution in [3.63, 3.8) is 0 Å². The number of rotatable bonds is 3. The van der Waals surface area contributed by atoms with Crippen LogP contribution in [0.3, 0.4) is 0 Å². The van der Waals surface area contributed by atoms with Crippen molar-refractivity contribution in [1.29, 1.82) is 0 Å². The summed E-state index contributed by atoms with van der Waals surface area (Å²) in [4.78, 5) is 0. The molecule has 0 amide bonds. The number of benzene rings is 1. The molecular weight excluding hydrogens is 212 g/mol. The largest absolute Gasteiger partial charge is 0.399 e. The van der Waals surface area contributed by atoms with Crippen LogP contribution in [0.5, 0.6) is 0 Å². The first kappa shape index (κ1) is 11.4. The first-order valence-electron chi connectivity index (χ1n) is 5.61. The Bertz CT molecular complexity index is 491. The molecule has 0 spiro atoms. The summed E-state index contributed by atoms with van der Waals surface area (Å²) in [6.45, 7) is 4.18. The SMILES string of the molecule is CC(C)c1ccc(Nc2cccc(N)c2)nn1. The van der Waals surface area contributed by atoms with Crippen LogP contribution in [0.25, 0.3) is 0 Å². The number of hydrogen-bond acceptors (Lipinski definition) is 4. The van der Waals surface area contributed by atoms with Gasteiger partial charge in [-0.1, -0.05) is 19.9 Å². The maximum absolute atomic E-state index is 5.70. The highest BCUT2D eigenvalue weighted by Gasteiger charge is 2.02. The number of nitrogens with two attached hydrogens (primary N) is 1. The molecule has 4 nitrogen and oxygen atoms in total. The number of nitrogen functional groups attached to an aromatic ring is 1. The van der Waals surface area contributed by atoms with E-state index in [4.69, 9.17) is 5.73 Å². The normalized spacial score (nSPS) is 10.5. The molecule has 0 atom stereocenters. The number of nitrogens with one attached hydrogen (secondary N) is 1. The molecule has 1 aromatic heterocycles. The van der Waals surface area contributed by atoms with E-state index in [1.54, 1.807) is 0 Å². The second-order valence-corrected chi connectivity index (χ2v) is 4.25. The van der Waals surface area contributed by atoms with Gasteiger partial charge in [0.05, 0.1) is 5.69 Å². The van der Waals surface area contributed by atoms with Gasteiger partial charge in [0.25, 0.3) is 0 Å². The molecule has 1 aromatic carbocycles. The van der Waals surface area contributed by atoms with E-state index in [-0.39, 0.29) is 0 Å². The Morgan fingerprint density at radius 2 is 1.94 bits per heavy atom. The van der Waals surface area contributed by atoms with E-state index in [0.717, 1.165) is 22.9 Å². The lowest BCUT2D eigenvalue weighted by molar-refractivity contribution is 0.787. The van der Waals surface area contributed by atoms with Crippen LogP contribution in [0.1, 0.15) is 25.5 Å². The van der Waals surface area contributed by atoms with Crippen molar-refractivity contribution in [2.24, 2.45) is 0 Å². The second kappa shape index (κ2) is 4.82. The molecule has 1 heterocycles. The van der Waals surface area contributed by atoms with Crippen LogP contribution in [-0.4, -0.2) is 10.2 Å². The second-order valence-electron chi connectivity index (χ2n) is 4.25. The van der Waals surface area contributed by atoms with Gasteiger partial charge in [0.2, 0.25) is 0 Å². The van der Waals surface area contributed by atoms with Crippen molar-refractivity contribution in [1.82, 2.24) is 10.2 Å². The molecule has 0 aliphatic heterocycles. The molecule has 2 aromatic rings. The Morgan fingerprint density at radius 3 is 2.53 bits per heavy atom. The fraction of sp³-hybridized carbons (Fsp3) is 0.231. The average Bonchev–Trinajstić information content (AvgIpc) is 2.29. The predicted octanol–water partition coefficient (Wildman–Crippen LogP) is 2.93. The Labute approximate surface area is 101 Å². The zero-order valence-electron chi connectivity index (χ0n) is 10.0. The summed E-state index contributed by atoms with van der Waals surface area (Å²) in [5, 5.41) is 11.4. The standard InChI is InChI=1S/C13H16N4/c1-9(2)12-6-7-13(17-16-12)15-11-5-3-4-10(14)8-11/h3-9H,14H2,1-2H3,(H,15,17). The van der Waals surface area contributed by atoms with Gasteiger partial charge in [-0.05, 0) is 36.2 Å². The maximum atomic E-state index is 5.70. The van der Waals surface area contributed by atoms with Gasteiger partial charge in [-0.2, -0.15) is 5.10 Å². The smallest absolute Gasteiger partial charge is 0.153 e. The summed E-state index contributed by atoms with van der Waals surface area (Å²) >= 11 is 0. The van der Waals surface area contributed by atoms with E-state index in [1.807, 2.05) is 36.4 Å². The molecule has 4 heteroatoms. The van der Waals surface area contributed by atoms with Gasteiger partial charge in [-0.25, -0.2) is 0 Å². The van der Waals surface area contributed by atoms with Gasteiger partial charge in [-0.3, -0.25) is 0 Å². The monoisotopic (exact) mass is 228 g/mol. The molecule has 0 saturated heterocycles. The van der Waals surface area contributed by atoms with Gasteiger partial charge in [0, 0.05) is 11.4 Å². The van der Waals surface area contributed by atoms with Crippen LogP contribution in [-0.2, 0) is 0 Å². The van der Waals surface area contributed by atoms with Crippen molar-refractivity contribution < 1.29 is 0 Å². The van der Waals surface area contributed by atoms with Crippen LogP contribution in [0, 0.1) is 0 Å². The van der Waals surface area contributed by atoms with E-state index in [1.165, 1.54) is 0 Å². The van der Waals surface area contributed by atoms with Crippen LogP contribution in [0.4, 0.5) is 17.2 Å². The van der Waals surface area contributed by atoms with Crippen molar-refractivity contribution in [2.75, 3.05) is 11.1 Å². The van der Waals surface area contributed by atoms with E-state index in [0.29, 0.717) is 5.92 Å². The Balaban J connectivity index is 2.14. The third-order valence-corrected chi connectivity index (χ3v) is 2.44. The first-order chi connectivity index (χ1) is 8.15. The first-order valence-corrected chi connectivity index (χ1v) is 5.61. The Morgan fingerprint density at radius 1 is 1.12 bits per heavy atom. The average molecular weight is 228 g/mol. The highest BCUT2D eigenvalue weighted by Crippen LogP contribution is 2.17. The fourth-order valence-corrected chi connectivity index (χ4v) is 1.48. The molecule has 0 bridgehead atoms. The van der Waals surface area contributed by atoms with Gasteiger partial charge < -0.3 is 11.1 Å². The highest BCUT2D eigenvalue weighted by molar-refractivity contribution is 5.60. The third-order valence-electron chi connectivity index (χ3n) is 2.44. The molecule has 0 aliphatic rings. The summed E-state index contributed by atoms with van der Waals surface area (Å²) in [7, 11) is 0. The summed E-state index contributed by atoms with van der Waals surface area (Å²) < 4.78 is 0. The molecule has 0 fully saturated rings. The maximum Gasteiger partial charge on any atom is 0.153 e. The quantitative estimate of drug-likeness (QED) is 0.793. The molecule has 0 unspecified atom stereocenters. The van der Waals surface area contributed by atoms with Crippen molar-refractivity contribution >= 4 is 17.2 Å². The number of nitrogens with zero attached hydrogens (tertiary/aromatic N) is 2. The topological polar surface area (TPSA) is 63.8 Å².